The molecule has 2 N–H and O–H groups in total. The van der Waals surface area contributed by atoms with Crippen LogP contribution in [0.4, 0.5) is 11.6 Å². The summed E-state index contributed by atoms with van der Waals surface area (Å²) >= 11 is 0. The second-order valence-electron chi connectivity index (χ2n) is 9.96. The summed E-state index contributed by atoms with van der Waals surface area (Å²) in [5.41, 5.74) is 2.06. The average molecular weight is 557 g/mol. The number of hydrogen-bond donors (Lipinski definition) is 2. The van der Waals surface area contributed by atoms with Gasteiger partial charge >= 0.3 is 6.08 Å². The fraction of sp³-hybridized carbons (Fsp3) is 0.500. The molecule has 218 valence electrons. The predicted octanol–water partition coefficient (Wildman–Crippen LogP) is 4.25. The van der Waals surface area contributed by atoms with E-state index in [0.717, 1.165) is 51.4 Å². The Morgan fingerprint density at radius 2 is 1.77 bits per heavy atom. The summed E-state index contributed by atoms with van der Waals surface area (Å²) in [6, 6.07) is 7.71. The van der Waals surface area contributed by atoms with Crippen LogP contribution in [-0.4, -0.2) is 86.8 Å². The maximum atomic E-state index is 10.5. The number of hydrogen-bond acceptors (Lipinski definition) is 12. The van der Waals surface area contributed by atoms with Gasteiger partial charge < -0.3 is 34.0 Å². The molecular weight excluding hydrogens is 516 g/mol. The van der Waals surface area contributed by atoms with Crippen LogP contribution in [0, 0.1) is 0 Å². The lowest BCUT2D eigenvalue weighted by Crippen LogP contribution is -2.37. The Hall–Kier alpha value is -3.90. The van der Waals surface area contributed by atoms with Crippen molar-refractivity contribution in [3.05, 3.63) is 41.8 Å². The van der Waals surface area contributed by atoms with Crippen molar-refractivity contribution in [2.24, 2.45) is 0 Å². The number of benzene rings is 1. The first-order valence-corrected chi connectivity index (χ1v) is 13.2. The third-order valence-electron chi connectivity index (χ3n) is 6.04. The lowest BCUT2D eigenvalue weighted by molar-refractivity contribution is 0.0378. The number of rotatable bonds is 11. The molecule has 0 atom stereocenters. The first-order chi connectivity index (χ1) is 19.3. The summed E-state index contributed by atoms with van der Waals surface area (Å²) < 4.78 is 26.3. The Kier molecular flexibility index (Phi) is 11.5. The fourth-order valence-corrected chi connectivity index (χ4v) is 3.83. The summed E-state index contributed by atoms with van der Waals surface area (Å²) in [6.45, 7) is 11.9. The van der Waals surface area contributed by atoms with E-state index in [9.17, 15) is 4.79 Å². The maximum Gasteiger partial charge on any atom is 0.399 e. The number of aromatic nitrogens is 3. The van der Waals surface area contributed by atoms with Crippen LogP contribution in [0.5, 0.6) is 23.6 Å². The van der Waals surface area contributed by atoms with Gasteiger partial charge in [-0.1, -0.05) is 32.9 Å². The van der Waals surface area contributed by atoms with E-state index in [4.69, 9.17) is 23.4 Å². The molecule has 1 aliphatic heterocycles. The Balaban J connectivity index is 0.000000225. The highest BCUT2D eigenvalue weighted by molar-refractivity contribution is 5.71. The highest BCUT2D eigenvalue weighted by atomic mass is 16.6. The molecule has 12 heteroatoms. The number of carbonyl (C=O) groups excluding carboxylic acids is 1. The molecule has 0 aliphatic carbocycles. The molecule has 1 aliphatic rings. The third-order valence-corrected chi connectivity index (χ3v) is 6.04. The summed E-state index contributed by atoms with van der Waals surface area (Å²) in [6.07, 6.45) is 2.96. The molecule has 0 spiro atoms. The normalized spacial score (nSPS) is 13.6. The Bertz CT molecular complexity index is 1180. The van der Waals surface area contributed by atoms with Gasteiger partial charge in [0.25, 0.3) is 0 Å². The zero-order valence-electron chi connectivity index (χ0n) is 24.2. The lowest BCUT2D eigenvalue weighted by atomic mass is 9.87. The van der Waals surface area contributed by atoms with E-state index >= 15 is 0 Å². The first-order valence-electron chi connectivity index (χ1n) is 13.2. The molecule has 0 unspecified atom stereocenters. The van der Waals surface area contributed by atoms with Crippen molar-refractivity contribution in [3.63, 3.8) is 0 Å². The number of oxazole rings is 1. The fourth-order valence-electron chi connectivity index (χ4n) is 3.83. The van der Waals surface area contributed by atoms with Crippen LogP contribution in [0.2, 0.25) is 0 Å². The van der Waals surface area contributed by atoms with E-state index in [1.807, 2.05) is 24.3 Å². The monoisotopic (exact) mass is 556 g/mol. The minimum absolute atomic E-state index is 0.0456. The van der Waals surface area contributed by atoms with Crippen LogP contribution >= 0.6 is 0 Å². The highest BCUT2D eigenvalue weighted by Crippen LogP contribution is 2.32. The Morgan fingerprint density at radius 3 is 2.35 bits per heavy atom. The molecule has 3 aromatic rings. The molecule has 3 heterocycles. The Labute approximate surface area is 235 Å². The van der Waals surface area contributed by atoms with E-state index in [2.05, 4.69) is 51.3 Å². The van der Waals surface area contributed by atoms with Crippen molar-refractivity contribution in [2.75, 3.05) is 71.3 Å². The molecule has 0 radical (unpaired) electrons. The van der Waals surface area contributed by atoms with Crippen LogP contribution in [0.3, 0.4) is 0 Å². The highest BCUT2D eigenvalue weighted by Gasteiger charge is 2.16. The van der Waals surface area contributed by atoms with Gasteiger partial charge in [0, 0.05) is 26.7 Å². The molecular formula is C28H40N6O6. The van der Waals surface area contributed by atoms with Gasteiger partial charge in [0.05, 0.1) is 27.4 Å². The zero-order chi connectivity index (χ0) is 29.0. The van der Waals surface area contributed by atoms with E-state index < -0.39 is 0 Å². The number of morpholine rings is 1. The van der Waals surface area contributed by atoms with Crippen LogP contribution < -0.4 is 24.8 Å². The van der Waals surface area contributed by atoms with Crippen molar-refractivity contribution in [3.8, 4) is 23.6 Å². The van der Waals surface area contributed by atoms with Crippen molar-refractivity contribution in [1.82, 2.24) is 19.9 Å². The summed E-state index contributed by atoms with van der Waals surface area (Å²) in [5.74, 6) is 2.08. The summed E-state index contributed by atoms with van der Waals surface area (Å²) in [4.78, 5) is 25.4. The smallest absolute Gasteiger partial charge is 0.399 e. The predicted molar refractivity (Wildman–Crippen MR) is 152 cm³/mol. The van der Waals surface area contributed by atoms with Gasteiger partial charge in [-0.25, -0.2) is 0 Å². The number of carbonyl (C=O) groups is 1. The van der Waals surface area contributed by atoms with E-state index in [-0.39, 0.29) is 17.2 Å². The molecule has 1 fully saturated rings. The topological polar surface area (TPSA) is 133 Å². The first kappa shape index (κ1) is 30.6. The molecule has 1 saturated heterocycles. The van der Waals surface area contributed by atoms with Crippen LogP contribution in [0.1, 0.15) is 43.2 Å². The lowest BCUT2D eigenvalue weighted by Gasteiger charge is -2.26. The number of ether oxygens (including phenoxy) is 4. The minimum Gasteiger partial charge on any atom is -0.479 e. The van der Waals surface area contributed by atoms with Crippen molar-refractivity contribution in [2.45, 2.75) is 32.6 Å². The van der Waals surface area contributed by atoms with Gasteiger partial charge in [-0.15, -0.1) is 0 Å². The molecule has 2 aromatic heterocycles. The molecule has 0 amide bonds. The van der Waals surface area contributed by atoms with E-state index in [1.165, 1.54) is 6.26 Å². The molecule has 40 heavy (non-hydrogen) atoms. The molecule has 0 bridgehead atoms. The van der Waals surface area contributed by atoms with Crippen LogP contribution in [-0.2, 0) is 10.2 Å². The van der Waals surface area contributed by atoms with E-state index in [1.54, 1.807) is 21.3 Å². The third kappa shape index (κ3) is 9.09. The standard InChI is InChI=1S/C14H25N5O3.C14H15NO3/c1-15-11-12(20-2)17-14(18-13(11)21-3)16-5-4-6-19-7-9-22-10-8-19;1-14(2,3)10-5-4-6-12(7-10)18-13-15-11(8-16)9-17-13/h15H,4-10H2,1-3H3,(H,16,17,18);4-9H,1-3H3. The second kappa shape index (κ2) is 15.0. The molecule has 12 nitrogen and oxygen atoms in total. The van der Waals surface area contributed by atoms with Crippen LogP contribution in [0.25, 0.3) is 0 Å². The van der Waals surface area contributed by atoms with Gasteiger partial charge in [-0.3, -0.25) is 9.69 Å². The number of nitrogens with one attached hydrogen (secondary N) is 2. The number of nitrogens with zero attached hydrogens (tertiary/aromatic N) is 4. The quantitative estimate of drug-likeness (QED) is 0.258. The molecule has 0 saturated carbocycles. The SMILES string of the molecule is CC(C)(C)c1cccc(Oc2nc(C=O)co2)c1.CNc1c(OC)nc(NCCCN2CCOCC2)nc1OC. The summed E-state index contributed by atoms with van der Waals surface area (Å²) in [7, 11) is 4.93. The number of methoxy groups -OCH3 is 2. The molecule has 1 aromatic carbocycles. The van der Waals surface area contributed by atoms with Crippen molar-refractivity contribution in [1.29, 1.82) is 0 Å². The number of anilines is 2. The Morgan fingerprint density at radius 1 is 1.07 bits per heavy atom. The number of aldehydes is 1. The maximum absolute atomic E-state index is 10.5. The summed E-state index contributed by atoms with van der Waals surface area (Å²) in [5, 5.41) is 6.20. The second-order valence-corrected chi connectivity index (χ2v) is 9.96. The van der Waals surface area contributed by atoms with Gasteiger partial charge in [0.15, 0.2) is 12.0 Å². The average Bonchev–Trinajstić information content (AvgIpc) is 3.42. The zero-order valence-corrected chi connectivity index (χ0v) is 24.2. The van der Waals surface area contributed by atoms with Gasteiger partial charge in [-0.2, -0.15) is 15.0 Å². The van der Waals surface area contributed by atoms with Gasteiger partial charge in [0.1, 0.15) is 17.7 Å². The van der Waals surface area contributed by atoms with Crippen molar-refractivity contribution < 1.29 is 28.2 Å². The van der Waals surface area contributed by atoms with Gasteiger partial charge in [-0.05, 0) is 36.1 Å². The van der Waals surface area contributed by atoms with Crippen molar-refractivity contribution >= 4 is 17.9 Å². The van der Waals surface area contributed by atoms with Crippen LogP contribution in [0.15, 0.2) is 34.9 Å². The molecule has 4 rings (SSSR count). The minimum atomic E-state index is 0.0456. The van der Waals surface area contributed by atoms with Gasteiger partial charge in [0.2, 0.25) is 17.7 Å². The largest absolute Gasteiger partial charge is 0.479 e. The van der Waals surface area contributed by atoms with E-state index in [0.29, 0.717) is 35.4 Å².